The molecule has 2 amide bonds. The number of anilines is 1. The minimum Gasteiger partial charge on any atom is -0.494 e. The summed E-state index contributed by atoms with van der Waals surface area (Å²) < 4.78 is 24.3. The molecule has 0 aliphatic heterocycles. The molecule has 0 saturated carbocycles. The fourth-order valence-electron chi connectivity index (χ4n) is 4.82. The predicted octanol–water partition coefficient (Wildman–Crippen LogP) is 7.00. The molecule has 0 heterocycles. The van der Waals surface area contributed by atoms with E-state index in [1.54, 1.807) is 48.5 Å². The van der Waals surface area contributed by atoms with Crippen molar-refractivity contribution in [3.63, 3.8) is 0 Å². The van der Waals surface area contributed by atoms with E-state index in [9.17, 15) is 28.7 Å². The van der Waals surface area contributed by atoms with Gasteiger partial charge < -0.3 is 25.2 Å². The number of aliphatic carboxylic acids is 1. The number of unbranched alkanes of at least 4 members (excludes halogenated alkanes) is 4. The highest BCUT2D eigenvalue weighted by Gasteiger charge is 2.21. The maximum Gasteiger partial charge on any atom is 0.343 e. The molecule has 48 heavy (non-hydrogen) atoms. The van der Waals surface area contributed by atoms with Crippen LogP contribution in [0.1, 0.15) is 70.9 Å². The first-order valence-corrected chi connectivity index (χ1v) is 15.9. The van der Waals surface area contributed by atoms with Crippen LogP contribution in [-0.4, -0.2) is 41.5 Å². The Morgan fingerprint density at radius 2 is 1.33 bits per heavy atom. The number of rotatable bonds is 17. The molecule has 0 aliphatic rings. The van der Waals surface area contributed by atoms with Gasteiger partial charge >= 0.3 is 11.9 Å². The smallest absolute Gasteiger partial charge is 0.343 e. The first-order chi connectivity index (χ1) is 23.2. The summed E-state index contributed by atoms with van der Waals surface area (Å²) in [5, 5.41) is 15.0. The van der Waals surface area contributed by atoms with E-state index in [-0.39, 0.29) is 35.9 Å². The van der Waals surface area contributed by atoms with Gasteiger partial charge in [0.05, 0.1) is 18.6 Å². The first kappa shape index (κ1) is 35.3. The fourth-order valence-corrected chi connectivity index (χ4v) is 4.82. The van der Waals surface area contributed by atoms with Gasteiger partial charge in [0.2, 0.25) is 5.91 Å². The summed E-state index contributed by atoms with van der Waals surface area (Å²) in [5.74, 6) is -2.07. The third-order valence-corrected chi connectivity index (χ3v) is 7.49. The van der Waals surface area contributed by atoms with Crippen molar-refractivity contribution in [3.8, 4) is 11.5 Å². The van der Waals surface area contributed by atoms with Crippen molar-refractivity contribution in [1.82, 2.24) is 5.32 Å². The number of carboxylic acid groups (broad SMARTS) is 1. The molecule has 9 nitrogen and oxygen atoms in total. The zero-order chi connectivity index (χ0) is 34.3. The van der Waals surface area contributed by atoms with Gasteiger partial charge in [-0.1, -0.05) is 56.9 Å². The first-order valence-electron chi connectivity index (χ1n) is 15.9. The lowest BCUT2D eigenvalue weighted by Crippen LogP contribution is -2.42. The fraction of sp³-hybridized carbons (Fsp3) is 0.263. The molecule has 3 N–H and O–H groups in total. The lowest BCUT2D eigenvalue weighted by molar-refractivity contribution is -0.139. The highest BCUT2D eigenvalue weighted by atomic mass is 19.1. The Morgan fingerprint density at radius 1 is 0.729 bits per heavy atom. The normalized spacial score (nSPS) is 11.3. The van der Waals surface area contributed by atoms with Gasteiger partial charge in [-0.3, -0.25) is 9.59 Å². The van der Waals surface area contributed by atoms with Crippen molar-refractivity contribution in [3.05, 3.63) is 125 Å². The summed E-state index contributed by atoms with van der Waals surface area (Å²) >= 11 is 0. The Hall–Kier alpha value is -5.51. The highest BCUT2D eigenvalue weighted by molar-refractivity contribution is 5.98. The number of hydrogen-bond acceptors (Lipinski definition) is 6. The average Bonchev–Trinajstić information content (AvgIpc) is 3.08. The molecule has 250 valence electrons. The summed E-state index contributed by atoms with van der Waals surface area (Å²) in [4.78, 5) is 49.7. The molecule has 0 spiro atoms. The predicted molar refractivity (Wildman–Crippen MR) is 180 cm³/mol. The van der Waals surface area contributed by atoms with Gasteiger partial charge in [-0.15, -0.1) is 0 Å². The van der Waals surface area contributed by atoms with E-state index in [0.29, 0.717) is 34.7 Å². The standard InChI is InChI=1S/C38H39FN2O7/c1-2-3-4-5-6-23-47-32-21-13-29(14-22-32)38(46)48-33-19-9-26(10-20-33)24-34(37(44)45)41-36(43)28-11-17-31(18-12-28)40-35(42)25-27-7-15-30(39)16-8-27/h7-22,34H,2-6,23-25H2,1H3,(H,40,42)(H,41,43)(H,44,45). The SMILES string of the molecule is CCCCCCCOc1ccc(C(=O)Oc2ccc(CC(NC(=O)c3ccc(NC(=O)Cc4ccc(F)cc4)cc3)C(=O)O)cc2)cc1. The monoisotopic (exact) mass is 654 g/mol. The number of benzene rings is 4. The molecular formula is C38H39FN2O7. The number of nitrogens with one attached hydrogen (secondary N) is 2. The highest BCUT2D eigenvalue weighted by Crippen LogP contribution is 2.19. The number of halogens is 1. The molecular weight excluding hydrogens is 615 g/mol. The lowest BCUT2D eigenvalue weighted by atomic mass is 10.0. The van der Waals surface area contributed by atoms with Crippen LogP contribution in [0, 0.1) is 5.82 Å². The summed E-state index contributed by atoms with van der Waals surface area (Å²) in [6, 6.07) is 23.5. The van der Waals surface area contributed by atoms with E-state index in [1.807, 2.05) is 0 Å². The molecule has 0 radical (unpaired) electrons. The number of carboxylic acids is 1. The zero-order valence-corrected chi connectivity index (χ0v) is 26.7. The number of hydrogen-bond donors (Lipinski definition) is 3. The number of carbonyl (C=O) groups excluding carboxylic acids is 3. The maximum atomic E-state index is 13.1. The van der Waals surface area contributed by atoms with Crippen molar-refractivity contribution in [2.24, 2.45) is 0 Å². The van der Waals surface area contributed by atoms with Gasteiger partial charge in [-0.05, 0) is 90.3 Å². The molecule has 10 heteroatoms. The minimum absolute atomic E-state index is 0.00705. The molecule has 0 fully saturated rings. The van der Waals surface area contributed by atoms with E-state index in [4.69, 9.17) is 9.47 Å². The van der Waals surface area contributed by atoms with Gasteiger partial charge in [-0.25, -0.2) is 14.0 Å². The molecule has 4 rings (SSSR count). The Bertz CT molecular complexity index is 1660. The van der Waals surface area contributed by atoms with E-state index in [2.05, 4.69) is 17.6 Å². The molecule has 0 aromatic heterocycles. The summed E-state index contributed by atoms with van der Waals surface area (Å²) in [7, 11) is 0. The molecule has 4 aromatic rings. The summed E-state index contributed by atoms with van der Waals surface area (Å²) in [6.07, 6.45) is 5.78. The average molecular weight is 655 g/mol. The van der Waals surface area contributed by atoms with Crippen LogP contribution in [0.2, 0.25) is 0 Å². The van der Waals surface area contributed by atoms with Gasteiger partial charge in [-0.2, -0.15) is 0 Å². The third kappa shape index (κ3) is 11.4. The largest absolute Gasteiger partial charge is 0.494 e. The van der Waals surface area contributed by atoms with Crippen molar-refractivity contribution in [2.75, 3.05) is 11.9 Å². The number of amides is 2. The van der Waals surface area contributed by atoms with Gasteiger partial charge in [0.15, 0.2) is 0 Å². The van der Waals surface area contributed by atoms with Crippen molar-refractivity contribution < 1.29 is 38.1 Å². The van der Waals surface area contributed by atoms with Crippen LogP contribution in [0.5, 0.6) is 11.5 Å². The van der Waals surface area contributed by atoms with Crippen LogP contribution >= 0.6 is 0 Å². The van der Waals surface area contributed by atoms with Crippen LogP contribution in [0.25, 0.3) is 0 Å². The maximum absolute atomic E-state index is 13.1. The Kier molecular flexibility index (Phi) is 13.2. The third-order valence-electron chi connectivity index (χ3n) is 7.49. The van der Waals surface area contributed by atoms with E-state index in [0.717, 1.165) is 12.8 Å². The second kappa shape index (κ2) is 18.0. The van der Waals surface area contributed by atoms with Crippen molar-refractivity contribution in [1.29, 1.82) is 0 Å². The molecule has 4 aromatic carbocycles. The second-order valence-corrected chi connectivity index (χ2v) is 11.3. The number of esters is 1. The van der Waals surface area contributed by atoms with Crippen LogP contribution in [-0.2, 0) is 22.4 Å². The molecule has 1 unspecified atom stereocenters. The topological polar surface area (TPSA) is 131 Å². The molecule has 1 atom stereocenters. The van der Waals surface area contributed by atoms with E-state index < -0.39 is 23.9 Å². The Labute approximate surface area is 279 Å². The van der Waals surface area contributed by atoms with Gasteiger partial charge in [0.1, 0.15) is 23.4 Å². The summed E-state index contributed by atoms with van der Waals surface area (Å²) in [6.45, 7) is 2.80. The number of ether oxygens (including phenoxy) is 2. The molecule has 0 aliphatic carbocycles. The van der Waals surface area contributed by atoms with Crippen LogP contribution in [0.4, 0.5) is 10.1 Å². The van der Waals surface area contributed by atoms with E-state index >= 15 is 0 Å². The van der Waals surface area contributed by atoms with E-state index in [1.165, 1.54) is 67.8 Å². The second-order valence-electron chi connectivity index (χ2n) is 11.3. The van der Waals surface area contributed by atoms with Crippen LogP contribution < -0.4 is 20.1 Å². The molecule has 0 bridgehead atoms. The van der Waals surface area contributed by atoms with Gasteiger partial charge in [0, 0.05) is 17.7 Å². The zero-order valence-electron chi connectivity index (χ0n) is 26.7. The number of carbonyl (C=O) groups is 4. The molecule has 0 saturated heterocycles. The lowest BCUT2D eigenvalue weighted by Gasteiger charge is -2.15. The van der Waals surface area contributed by atoms with Crippen LogP contribution in [0.15, 0.2) is 97.1 Å². The summed E-state index contributed by atoms with van der Waals surface area (Å²) in [5.41, 5.74) is 2.28. The quantitative estimate of drug-likeness (QED) is 0.0635. The van der Waals surface area contributed by atoms with Crippen LogP contribution in [0.3, 0.4) is 0 Å². The van der Waals surface area contributed by atoms with Crippen molar-refractivity contribution >= 4 is 29.4 Å². The minimum atomic E-state index is -1.22. The van der Waals surface area contributed by atoms with Crippen molar-refractivity contribution in [2.45, 2.75) is 57.9 Å². The van der Waals surface area contributed by atoms with Gasteiger partial charge in [0.25, 0.3) is 5.91 Å². The Balaban J connectivity index is 1.24. The Morgan fingerprint density at radius 3 is 1.98 bits per heavy atom.